The molecule has 3 aromatic carbocycles. The van der Waals surface area contributed by atoms with Crippen molar-refractivity contribution >= 4 is 45.0 Å². The Kier molecular flexibility index (Phi) is 7.58. The highest BCUT2D eigenvalue weighted by Gasteiger charge is 2.35. The van der Waals surface area contributed by atoms with Crippen LogP contribution in [-0.2, 0) is 21.0 Å². The normalized spacial score (nSPS) is 16.3. The second-order valence-electron chi connectivity index (χ2n) is 9.30. The van der Waals surface area contributed by atoms with E-state index in [0.29, 0.717) is 25.3 Å². The Morgan fingerprint density at radius 3 is 2.53 bits per heavy atom. The summed E-state index contributed by atoms with van der Waals surface area (Å²) in [6.45, 7) is 5.50. The van der Waals surface area contributed by atoms with Crippen LogP contribution in [0.5, 0.6) is 5.75 Å². The molecule has 1 aliphatic heterocycles. The van der Waals surface area contributed by atoms with Gasteiger partial charge in [0, 0.05) is 52.9 Å². The van der Waals surface area contributed by atoms with Gasteiger partial charge in [0.1, 0.15) is 12.4 Å². The molecule has 0 unspecified atom stereocenters. The van der Waals surface area contributed by atoms with Gasteiger partial charge in [0.15, 0.2) is 6.61 Å². The maximum atomic E-state index is 13.1. The maximum absolute atomic E-state index is 13.1. The predicted octanol–water partition coefficient (Wildman–Crippen LogP) is 5.22. The van der Waals surface area contributed by atoms with Crippen LogP contribution in [0.25, 0.3) is 21.8 Å². The Labute approximate surface area is 221 Å². The fraction of sp³-hybridized carbons (Fsp3) is 0.300. The summed E-state index contributed by atoms with van der Waals surface area (Å²) < 4.78 is 7.94. The van der Waals surface area contributed by atoms with Crippen LogP contribution in [-0.4, -0.2) is 52.8 Å². The second kappa shape index (κ2) is 11.4. The SMILES string of the molecule is CCON=C1C[C@@H](CC(=O)Nc2ccc3c(c2)c2ccccc2n3CC)N(C(=O)COc2ccccc2)C1. The molecule has 38 heavy (non-hydrogen) atoms. The first-order valence-corrected chi connectivity index (χ1v) is 13.0. The number of oxime groups is 1. The number of fused-ring (bicyclic) bond motifs is 3. The van der Waals surface area contributed by atoms with E-state index < -0.39 is 0 Å². The topological polar surface area (TPSA) is 85.2 Å². The molecule has 0 bridgehead atoms. The number of hydrogen-bond acceptors (Lipinski definition) is 5. The first-order valence-electron chi connectivity index (χ1n) is 13.0. The van der Waals surface area contributed by atoms with Crippen molar-refractivity contribution in [3.05, 3.63) is 72.8 Å². The molecule has 196 valence electrons. The van der Waals surface area contributed by atoms with Gasteiger partial charge in [-0.05, 0) is 50.2 Å². The number of hydrogen-bond donors (Lipinski definition) is 1. The lowest BCUT2D eigenvalue weighted by molar-refractivity contribution is -0.134. The van der Waals surface area contributed by atoms with Gasteiger partial charge < -0.3 is 24.4 Å². The number of benzene rings is 3. The van der Waals surface area contributed by atoms with E-state index in [9.17, 15) is 9.59 Å². The molecule has 8 heteroatoms. The molecule has 0 radical (unpaired) electrons. The van der Waals surface area contributed by atoms with Crippen LogP contribution in [0.4, 0.5) is 5.69 Å². The van der Waals surface area contributed by atoms with Crippen molar-refractivity contribution in [1.29, 1.82) is 0 Å². The third-order valence-electron chi connectivity index (χ3n) is 6.81. The molecule has 1 saturated heterocycles. The number of aromatic nitrogens is 1. The Morgan fingerprint density at radius 2 is 1.74 bits per heavy atom. The molecular formula is C30H32N4O4. The van der Waals surface area contributed by atoms with E-state index in [1.807, 2.05) is 55.5 Å². The number of likely N-dealkylation sites (tertiary alicyclic amines) is 1. The number of anilines is 1. The summed E-state index contributed by atoms with van der Waals surface area (Å²) in [7, 11) is 0. The van der Waals surface area contributed by atoms with Gasteiger partial charge in [-0.1, -0.05) is 41.6 Å². The summed E-state index contributed by atoms with van der Waals surface area (Å²) in [4.78, 5) is 33.1. The molecule has 0 aliphatic carbocycles. The first kappa shape index (κ1) is 25.3. The fourth-order valence-corrected chi connectivity index (χ4v) is 5.11. The molecule has 2 amide bonds. The molecule has 8 nitrogen and oxygen atoms in total. The van der Waals surface area contributed by atoms with Crippen LogP contribution in [0.2, 0.25) is 0 Å². The molecule has 5 rings (SSSR count). The highest BCUT2D eigenvalue weighted by molar-refractivity contribution is 6.10. The van der Waals surface area contributed by atoms with Gasteiger partial charge in [-0.2, -0.15) is 0 Å². The number of carbonyl (C=O) groups excluding carboxylic acids is 2. The van der Waals surface area contributed by atoms with E-state index >= 15 is 0 Å². The quantitative estimate of drug-likeness (QED) is 0.312. The Bertz CT molecular complexity index is 1480. The predicted molar refractivity (Wildman–Crippen MR) is 149 cm³/mol. The zero-order valence-electron chi connectivity index (χ0n) is 21.7. The lowest BCUT2D eigenvalue weighted by Crippen LogP contribution is -2.40. The van der Waals surface area contributed by atoms with Crippen molar-refractivity contribution < 1.29 is 19.2 Å². The second-order valence-corrected chi connectivity index (χ2v) is 9.30. The lowest BCUT2D eigenvalue weighted by atomic mass is 10.1. The Balaban J connectivity index is 1.30. The van der Waals surface area contributed by atoms with E-state index in [4.69, 9.17) is 9.57 Å². The molecule has 1 aromatic heterocycles. The number of nitrogens with zero attached hydrogens (tertiary/aromatic N) is 3. The van der Waals surface area contributed by atoms with E-state index in [1.165, 1.54) is 5.52 Å². The monoisotopic (exact) mass is 512 g/mol. The van der Waals surface area contributed by atoms with E-state index in [-0.39, 0.29) is 30.9 Å². The summed E-state index contributed by atoms with van der Waals surface area (Å²) in [5.74, 6) is 0.271. The minimum absolute atomic E-state index is 0.109. The number of aryl methyl sites for hydroxylation is 1. The van der Waals surface area contributed by atoms with Crippen LogP contribution in [0, 0.1) is 0 Å². The largest absolute Gasteiger partial charge is 0.484 e. The van der Waals surface area contributed by atoms with Gasteiger partial charge in [0.2, 0.25) is 5.91 Å². The fourth-order valence-electron chi connectivity index (χ4n) is 5.11. The van der Waals surface area contributed by atoms with Crippen molar-refractivity contribution in [2.75, 3.05) is 25.1 Å². The van der Waals surface area contributed by atoms with Gasteiger partial charge in [0.05, 0.1) is 12.3 Å². The smallest absolute Gasteiger partial charge is 0.261 e. The molecule has 1 N–H and O–H groups in total. The van der Waals surface area contributed by atoms with Gasteiger partial charge in [-0.15, -0.1) is 0 Å². The number of carbonyl (C=O) groups is 2. The van der Waals surface area contributed by atoms with Crippen LogP contribution in [0.1, 0.15) is 26.7 Å². The van der Waals surface area contributed by atoms with Crippen molar-refractivity contribution in [3.8, 4) is 5.75 Å². The summed E-state index contributed by atoms with van der Waals surface area (Å²) in [6, 6.07) is 23.2. The summed E-state index contributed by atoms with van der Waals surface area (Å²) >= 11 is 0. The minimum Gasteiger partial charge on any atom is -0.484 e. The average molecular weight is 513 g/mol. The molecular weight excluding hydrogens is 480 g/mol. The standard InChI is InChI=1S/C30H32N4O4/c1-3-33-27-13-9-8-12-25(27)26-17-21(14-15-28(26)33)31-29(35)18-23-16-22(32-38-4-2)19-34(23)30(36)20-37-24-10-6-5-7-11-24/h5-15,17,23H,3-4,16,18-20H2,1-2H3,(H,31,35)/t23-/m0/s1. The van der Waals surface area contributed by atoms with Crippen molar-refractivity contribution in [2.24, 2.45) is 5.16 Å². The molecule has 2 heterocycles. The molecule has 0 saturated carbocycles. The number of amides is 2. The number of nitrogens with one attached hydrogen (secondary N) is 1. The average Bonchev–Trinajstić information content (AvgIpc) is 3.49. The zero-order valence-corrected chi connectivity index (χ0v) is 21.7. The van der Waals surface area contributed by atoms with Gasteiger partial charge in [0.25, 0.3) is 5.91 Å². The Hall–Kier alpha value is -4.33. The summed E-state index contributed by atoms with van der Waals surface area (Å²) in [6.07, 6.45) is 0.629. The van der Waals surface area contributed by atoms with Gasteiger partial charge in [-0.25, -0.2) is 0 Å². The highest BCUT2D eigenvalue weighted by atomic mass is 16.6. The van der Waals surface area contributed by atoms with Crippen LogP contribution >= 0.6 is 0 Å². The number of ether oxygens (including phenoxy) is 1. The first-order chi connectivity index (χ1) is 18.6. The number of para-hydroxylation sites is 2. The van der Waals surface area contributed by atoms with Gasteiger partial charge >= 0.3 is 0 Å². The molecule has 1 aliphatic rings. The summed E-state index contributed by atoms with van der Waals surface area (Å²) in [5.41, 5.74) is 3.78. The van der Waals surface area contributed by atoms with Crippen LogP contribution in [0.15, 0.2) is 78.0 Å². The van der Waals surface area contributed by atoms with E-state index in [2.05, 4.69) is 34.1 Å². The Morgan fingerprint density at radius 1 is 0.974 bits per heavy atom. The lowest BCUT2D eigenvalue weighted by Gasteiger charge is -2.23. The number of rotatable bonds is 9. The molecule has 0 spiro atoms. The summed E-state index contributed by atoms with van der Waals surface area (Å²) in [5, 5.41) is 9.45. The molecule has 1 atom stereocenters. The minimum atomic E-state index is -0.327. The van der Waals surface area contributed by atoms with Crippen molar-refractivity contribution in [1.82, 2.24) is 9.47 Å². The third-order valence-corrected chi connectivity index (χ3v) is 6.81. The molecule has 4 aromatic rings. The van der Waals surface area contributed by atoms with Crippen LogP contribution < -0.4 is 10.1 Å². The van der Waals surface area contributed by atoms with Crippen molar-refractivity contribution in [2.45, 2.75) is 39.3 Å². The molecule has 1 fully saturated rings. The van der Waals surface area contributed by atoms with E-state index in [1.54, 1.807) is 17.0 Å². The maximum Gasteiger partial charge on any atom is 0.261 e. The highest BCUT2D eigenvalue weighted by Crippen LogP contribution is 2.31. The third kappa shape index (κ3) is 5.34. The zero-order chi connectivity index (χ0) is 26.5. The van der Waals surface area contributed by atoms with Crippen LogP contribution in [0.3, 0.4) is 0 Å². The van der Waals surface area contributed by atoms with Crippen molar-refractivity contribution in [3.63, 3.8) is 0 Å². The van der Waals surface area contributed by atoms with Gasteiger partial charge in [-0.3, -0.25) is 9.59 Å². The van der Waals surface area contributed by atoms with E-state index in [0.717, 1.165) is 34.2 Å².